The smallest absolute Gasteiger partial charge is 0.224 e. The summed E-state index contributed by atoms with van der Waals surface area (Å²) in [6.07, 6.45) is 1.54. The van der Waals surface area contributed by atoms with Gasteiger partial charge in [0.15, 0.2) is 0 Å². The van der Waals surface area contributed by atoms with Crippen LogP contribution in [-0.4, -0.2) is 18.7 Å². The van der Waals surface area contributed by atoms with Crippen LogP contribution in [0.5, 0.6) is 0 Å². The summed E-state index contributed by atoms with van der Waals surface area (Å²) in [6, 6.07) is 3.28. The summed E-state index contributed by atoms with van der Waals surface area (Å²) in [4.78, 5) is 7.83. The summed E-state index contributed by atoms with van der Waals surface area (Å²) in [7, 11) is 0. The second kappa shape index (κ2) is 5.05. The Bertz CT molecular complexity index is 760. The van der Waals surface area contributed by atoms with Crippen LogP contribution in [0.1, 0.15) is 0 Å². The van der Waals surface area contributed by atoms with Crippen LogP contribution in [0, 0.1) is 0 Å². The minimum atomic E-state index is 0.141. The maximum atomic E-state index is 6.17. The van der Waals surface area contributed by atoms with Gasteiger partial charge in [-0.25, -0.2) is 9.97 Å². The monoisotopic (exact) mass is 331 g/mol. The highest BCUT2D eigenvalue weighted by molar-refractivity contribution is 7.00. The Morgan fingerprint density at radius 3 is 2.63 bits per heavy atom. The summed E-state index contributed by atoms with van der Waals surface area (Å²) < 4.78 is 8.30. The second-order valence-electron chi connectivity index (χ2n) is 3.51. The Balaban J connectivity index is 2.12. The first-order chi connectivity index (χ1) is 9.15. The van der Waals surface area contributed by atoms with Crippen LogP contribution in [0.25, 0.3) is 11.0 Å². The zero-order chi connectivity index (χ0) is 13.4. The van der Waals surface area contributed by atoms with Crippen molar-refractivity contribution in [2.45, 2.75) is 0 Å². The number of hydrogen-bond donors (Lipinski definition) is 1. The van der Waals surface area contributed by atoms with Gasteiger partial charge in [-0.3, -0.25) is 0 Å². The highest BCUT2D eigenvalue weighted by Crippen LogP contribution is 2.36. The third-order valence-electron chi connectivity index (χ3n) is 2.32. The second-order valence-corrected chi connectivity index (χ2v) is 5.19. The fourth-order valence-electron chi connectivity index (χ4n) is 1.53. The normalized spacial score (nSPS) is 10.9. The van der Waals surface area contributed by atoms with Gasteiger partial charge in [-0.2, -0.15) is 8.75 Å². The Hall–Kier alpha value is -1.21. The number of anilines is 2. The topological polar surface area (TPSA) is 63.6 Å². The molecule has 2 aromatic heterocycles. The number of nitrogens with zero attached hydrogens (tertiary/aromatic N) is 4. The van der Waals surface area contributed by atoms with Crippen molar-refractivity contribution in [2.75, 3.05) is 5.32 Å². The molecule has 0 aliphatic heterocycles. The predicted octanol–water partition coefficient (Wildman–Crippen LogP) is 4.19. The quantitative estimate of drug-likeness (QED) is 0.713. The Labute approximate surface area is 126 Å². The van der Waals surface area contributed by atoms with Gasteiger partial charge in [0.05, 0.1) is 27.5 Å². The molecule has 0 saturated carbocycles. The molecule has 0 fully saturated rings. The SMILES string of the molecule is Clc1nccc(Nc2c(Cl)cc(Cl)c3nsnc23)n1. The van der Waals surface area contributed by atoms with Crippen LogP contribution in [0.3, 0.4) is 0 Å². The Kier molecular flexibility index (Phi) is 3.40. The Morgan fingerprint density at radius 1 is 1.05 bits per heavy atom. The van der Waals surface area contributed by atoms with Gasteiger partial charge >= 0.3 is 0 Å². The van der Waals surface area contributed by atoms with E-state index in [9.17, 15) is 0 Å². The van der Waals surface area contributed by atoms with Crippen molar-refractivity contribution in [3.05, 3.63) is 33.7 Å². The number of halogens is 3. The van der Waals surface area contributed by atoms with E-state index in [1.165, 1.54) is 6.20 Å². The molecule has 1 aromatic carbocycles. The van der Waals surface area contributed by atoms with Crippen LogP contribution in [0.15, 0.2) is 18.3 Å². The van der Waals surface area contributed by atoms with E-state index in [1.54, 1.807) is 12.1 Å². The molecule has 0 atom stereocenters. The number of hydrogen-bond acceptors (Lipinski definition) is 6. The van der Waals surface area contributed by atoms with Crippen molar-refractivity contribution >= 4 is 69.1 Å². The van der Waals surface area contributed by atoms with Gasteiger partial charge in [-0.05, 0) is 23.7 Å². The first-order valence-corrected chi connectivity index (χ1v) is 6.87. The van der Waals surface area contributed by atoms with Crippen LogP contribution in [0.4, 0.5) is 11.5 Å². The molecule has 0 saturated heterocycles. The predicted molar refractivity (Wildman–Crippen MR) is 77.8 cm³/mol. The highest BCUT2D eigenvalue weighted by Gasteiger charge is 2.14. The largest absolute Gasteiger partial charge is 0.337 e. The molecule has 0 radical (unpaired) electrons. The van der Waals surface area contributed by atoms with Crippen molar-refractivity contribution in [3.8, 4) is 0 Å². The molecule has 1 N–H and O–H groups in total. The lowest BCUT2D eigenvalue weighted by molar-refractivity contribution is 1.17. The van der Waals surface area contributed by atoms with Crippen molar-refractivity contribution in [1.82, 2.24) is 18.7 Å². The van der Waals surface area contributed by atoms with Crippen molar-refractivity contribution in [2.24, 2.45) is 0 Å². The average molecular weight is 333 g/mol. The highest BCUT2D eigenvalue weighted by atomic mass is 35.5. The molecule has 19 heavy (non-hydrogen) atoms. The van der Waals surface area contributed by atoms with E-state index in [1.807, 2.05) is 0 Å². The summed E-state index contributed by atoms with van der Waals surface area (Å²) in [5, 5.41) is 4.08. The third-order valence-corrected chi connectivity index (χ3v) is 3.62. The summed E-state index contributed by atoms with van der Waals surface area (Å²) in [6.45, 7) is 0. The van der Waals surface area contributed by atoms with E-state index in [0.717, 1.165) is 11.7 Å². The Morgan fingerprint density at radius 2 is 1.84 bits per heavy atom. The van der Waals surface area contributed by atoms with Crippen molar-refractivity contribution in [1.29, 1.82) is 0 Å². The molecule has 9 heteroatoms. The molecule has 2 heterocycles. The molecule has 0 aliphatic rings. The molecule has 0 spiro atoms. The maximum absolute atomic E-state index is 6.17. The summed E-state index contributed by atoms with van der Waals surface area (Å²) in [5.74, 6) is 0.513. The minimum absolute atomic E-state index is 0.141. The molecule has 0 aliphatic carbocycles. The summed E-state index contributed by atoms with van der Waals surface area (Å²) >= 11 is 19.0. The first kappa shape index (κ1) is 12.8. The van der Waals surface area contributed by atoms with Gasteiger partial charge < -0.3 is 5.32 Å². The van der Waals surface area contributed by atoms with Gasteiger partial charge in [0.25, 0.3) is 0 Å². The number of benzene rings is 1. The molecule has 0 amide bonds. The lowest BCUT2D eigenvalue weighted by Crippen LogP contribution is -1.96. The number of aromatic nitrogens is 4. The molecular weight excluding hydrogens is 329 g/mol. The van der Waals surface area contributed by atoms with Gasteiger partial charge in [0.2, 0.25) is 5.28 Å². The van der Waals surface area contributed by atoms with Gasteiger partial charge in [-0.1, -0.05) is 23.2 Å². The minimum Gasteiger partial charge on any atom is -0.337 e. The van der Waals surface area contributed by atoms with Crippen LogP contribution >= 0.6 is 46.5 Å². The molecule has 96 valence electrons. The number of fused-ring (bicyclic) bond motifs is 1. The zero-order valence-corrected chi connectivity index (χ0v) is 12.1. The molecule has 0 bridgehead atoms. The van der Waals surface area contributed by atoms with E-state index in [4.69, 9.17) is 34.8 Å². The van der Waals surface area contributed by atoms with Gasteiger partial charge in [0.1, 0.15) is 16.9 Å². The molecular formula is C10H4Cl3N5S. The fraction of sp³-hybridized carbons (Fsp3) is 0. The summed E-state index contributed by atoms with van der Waals surface area (Å²) in [5.41, 5.74) is 1.78. The maximum Gasteiger partial charge on any atom is 0.224 e. The van der Waals surface area contributed by atoms with Crippen molar-refractivity contribution in [3.63, 3.8) is 0 Å². The average Bonchev–Trinajstić information content (AvgIpc) is 2.84. The lowest BCUT2D eigenvalue weighted by Gasteiger charge is -2.08. The van der Waals surface area contributed by atoms with Crippen molar-refractivity contribution < 1.29 is 0 Å². The van der Waals surface area contributed by atoms with Crippen LogP contribution in [-0.2, 0) is 0 Å². The zero-order valence-electron chi connectivity index (χ0n) is 9.06. The molecule has 3 aromatic rings. The molecule has 0 unspecified atom stereocenters. The van der Waals surface area contributed by atoms with Crippen LogP contribution in [0.2, 0.25) is 15.3 Å². The van der Waals surface area contributed by atoms with E-state index in [2.05, 4.69) is 24.0 Å². The van der Waals surface area contributed by atoms with E-state index >= 15 is 0 Å². The number of rotatable bonds is 2. The fourth-order valence-corrected chi connectivity index (χ4v) is 2.83. The van der Waals surface area contributed by atoms with Gasteiger partial charge in [-0.15, -0.1) is 0 Å². The molecule has 3 rings (SSSR count). The third kappa shape index (κ3) is 2.44. The first-order valence-electron chi connectivity index (χ1n) is 5.01. The molecule has 5 nitrogen and oxygen atoms in total. The van der Waals surface area contributed by atoms with E-state index < -0.39 is 0 Å². The lowest BCUT2D eigenvalue weighted by atomic mass is 10.2. The standard InChI is InChI=1S/C10H4Cl3N5S/c11-4-3-5(12)8-9(18-19-17-8)7(4)15-6-1-2-14-10(13)16-6/h1-3H,(H,14,15,16). The van der Waals surface area contributed by atoms with E-state index in [-0.39, 0.29) is 5.28 Å². The van der Waals surface area contributed by atoms with E-state index in [0.29, 0.717) is 32.6 Å². The number of nitrogens with one attached hydrogen (secondary N) is 1. The van der Waals surface area contributed by atoms with Gasteiger partial charge in [0, 0.05) is 6.20 Å². The van der Waals surface area contributed by atoms with Crippen LogP contribution < -0.4 is 5.32 Å².